The first-order valence-corrected chi connectivity index (χ1v) is 6.63. The van der Waals surface area contributed by atoms with E-state index in [1.54, 1.807) is 0 Å². The number of hydrogen-bond acceptors (Lipinski definition) is 2. The van der Waals surface area contributed by atoms with Crippen LogP contribution in [0.1, 0.15) is 16.7 Å². The van der Waals surface area contributed by atoms with Crippen LogP contribution in [0.15, 0.2) is 48.5 Å². The van der Waals surface area contributed by atoms with Gasteiger partial charge in [0.1, 0.15) is 0 Å². The van der Waals surface area contributed by atoms with Crippen molar-refractivity contribution in [1.82, 2.24) is 0 Å². The van der Waals surface area contributed by atoms with Gasteiger partial charge in [-0.05, 0) is 28.8 Å². The zero-order valence-electron chi connectivity index (χ0n) is 10.9. The van der Waals surface area contributed by atoms with Gasteiger partial charge in [-0.3, -0.25) is 4.79 Å². The van der Waals surface area contributed by atoms with E-state index in [9.17, 15) is 4.79 Å². The number of benzene rings is 2. The maximum absolute atomic E-state index is 10.8. The number of carboxylic acid groups (broad SMARTS) is 1. The molecule has 0 unspecified atom stereocenters. The summed E-state index contributed by atoms with van der Waals surface area (Å²) in [5, 5.41) is 9.56. The Bertz CT molecular complexity index is 579. The summed E-state index contributed by atoms with van der Waals surface area (Å²) in [7, 11) is 0. The first-order chi connectivity index (χ1) is 9.65. The van der Waals surface area contributed by atoms with Crippen molar-refractivity contribution in [3.63, 3.8) is 0 Å². The molecule has 104 valence electrons. The third kappa shape index (κ3) is 4.37. The van der Waals surface area contributed by atoms with Crippen LogP contribution >= 0.6 is 11.6 Å². The Morgan fingerprint density at radius 3 is 2.30 bits per heavy atom. The lowest BCUT2D eigenvalue weighted by molar-refractivity contribution is -0.136. The average Bonchev–Trinajstić information content (AvgIpc) is 2.42. The van der Waals surface area contributed by atoms with Gasteiger partial charge in [0.05, 0.1) is 19.6 Å². The zero-order chi connectivity index (χ0) is 14.4. The van der Waals surface area contributed by atoms with E-state index in [4.69, 9.17) is 21.4 Å². The van der Waals surface area contributed by atoms with Crippen LogP contribution in [0.4, 0.5) is 0 Å². The van der Waals surface area contributed by atoms with Crippen LogP contribution in [0, 0.1) is 0 Å². The summed E-state index contributed by atoms with van der Waals surface area (Å²) >= 11 is 5.81. The second-order valence-electron chi connectivity index (χ2n) is 4.46. The minimum absolute atomic E-state index is 0.0144. The summed E-state index contributed by atoms with van der Waals surface area (Å²) < 4.78 is 5.63. The van der Waals surface area contributed by atoms with Gasteiger partial charge >= 0.3 is 5.97 Å². The van der Waals surface area contributed by atoms with Gasteiger partial charge in [0, 0.05) is 5.02 Å². The van der Waals surface area contributed by atoms with Crippen LogP contribution in [-0.4, -0.2) is 11.1 Å². The Kier molecular flexibility index (Phi) is 5.16. The monoisotopic (exact) mass is 290 g/mol. The van der Waals surface area contributed by atoms with Crippen LogP contribution < -0.4 is 0 Å². The highest BCUT2D eigenvalue weighted by Gasteiger charge is 2.06. The third-order valence-electron chi connectivity index (χ3n) is 2.90. The SMILES string of the molecule is O=C(O)Cc1ccccc1COCc1ccc(Cl)cc1. The number of halogens is 1. The van der Waals surface area contributed by atoms with E-state index in [0.29, 0.717) is 18.2 Å². The molecule has 0 saturated heterocycles. The maximum atomic E-state index is 10.8. The molecule has 4 heteroatoms. The number of carboxylic acids is 1. The number of rotatable bonds is 6. The van der Waals surface area contributed by atoms with Crippen LogP contribution in [0.5, 0.6) is 0 Å². The standard InChI is InChI=1S/C16H15ClO3/c17-15-7-5-12(6-8-15)10-20-11-14-4-2-1-3-13(14)9-16(18)19/h1-8H,9-11H2,(H,18,19). The summed E-state index contributed by atoms with van der Waals surface area (Å²) in [6, 6.07) is 14.9. The first-order valence-electron chi connectivity index (χ1n) is 6.26. The lowest BCUT2D eigenvalue weighted by Crippen LogP contribution is -2.04. The molecule has 0 bridgehead atoms. The summed E-state index contributed by atoms with van der Waals surface area (Å²) in [5.41, 5.74) is 2.73. The van der Waals surface area contributed by atoms with Gasteiger partial charge in [0.25, 0.3) is 0 Å². The molecule has 3 nitrogen and oxygen atoms in total. The maximum Gasteiger partial charge on any atom is 0.307 e. The van der Waals surface area contributed by atoms with Crippen molar-refractivity contribution < 1.29 is 14.6 Å². The number of carbonyl (C=O) groups is 1. The van der Waals surface area contributed by atoms with Crippen molar-refractivity contribution >= 4 is 17.6 Å². The minimum Gasteiger partial charge on any atom is -0.481 e. The van der Waals surface area contributed by atoms with Crippen LogP contribution in [0.2, 0.25) is 5.02 Å². The minimum atomic E-state index is -0.838. The summed E-state index contributed by atoms with van der Waals surface area (Å²) in [6.45, 7) is 0.866. The van der Waals surface area contributed by atoms with Gasteiger partial charge in [0.2, 0.25) is 0 Å². The lowest BCUT2D eigenvalue weighted by Gasteiger charge is -2.09. The molecule has 0 aliphatic heterocycles. The number of ether oxygens (including phenoxy) is 1. The lowest BCUT2D eigenvalue weighted by atomic mass is 10.1. The smallest absolute Gasteiger partial charge is 0.307 e. The summed E-state index contributed by atoms with van der Waals surface area (Å²) in [6.07, 6.45) is 0.0144. The molecule has 2 aromatic rings. The first kappa shape index (κ1) is 14.6. The molecule has 0 aliphatic carbocycles. The summed E-state index contributed by atoms with van der Waals surface area (Å²) in [4.78, 5) is 10.8. The van der Waals surface area contributed by atoms with E-state index in [0.717, 1.165) is 16.7 Å². The van der Waals surface area contributed by atoms with Crippen molar-refractivity contribution in [3.05, 3.63) is 70.2 Å². The Morgan fingerprint density at radius 2 is 1.65 bits per heavy atom. The van der Waals surface area contributed by atoms with E-state index >= 15 is 0 Å². The molecule has 0 aliphatic rings. The Morgan fingerprint density at radius 1 is 1.00 bits per heavy atom. The molecular weight excluding hydrogens is 276 g/mol. The topological polar surface area (TPSA) is 46.5 Å². The van der Waals surface area contributed by atoms with Gasteiger partial charge in [-0.15, -0.1) is 0 Å². The number of hydrogen-bond donors (Lipinski definition) is 1. The van der Waals surface area contributed by atoms with Crippen molar-refractivity contribution in [2.75, 3.05) is 0 Å². The van der Waals surface area contributed by atoms with E-state index in [-0.39, 0.29) is 6.42 Å². The normalized spacial score (nSPS) is 10.4. The number of aliphatic carboxylic acids is 1. The molecule has 2 aromatic carbocycles. The Balaban J connectivity index is 1.93. The molecule has 2 rings (SSSR count). The van der Waals surface area contributed by atoms with Crippen molar-refractivity contribution in [2.45, 2.75) is 19.6 Å². The molecule has 0 amide bonds. The second-order valence-corrected chi connectivity index (χ2v) is 4.89. The molecule has 1 N–H and O–H groups in total. The zero-order valence-corrected chi connectivity index (χ0v) is 11.6. The molecular formula is C16H15ClO3. The fourth-order valence-electron chi connectivity index (χ4n) is 1.89. The van der Waals surface area contributed by atoms with E-state index in [1.165, 1.54) is 0 Å². The largest absolute Gasteiger partial charge is 0.481 e. The summed E-state index contributed by atoms with van der Waals surface area (Å²) in [5.74, 6) is -0.838. The molecule has 0 atom stereocenters. The van der Waals surface area contributed by atoms with Gasteiger partial charge in [-0.25, -0.2) is 0 Å². The highest BCUT2D eigenvalue weighted by molar-refractivity contribution is 6.30. The van der Waals surface area contributed by atoms with E-state index in [1.807, 2.05) is 48.5 Å². The fraction of sp³-hybridized carbons (Fsp3) is 0.188. The Labute approximate surface area is 122 Å². The Hall–Kier alpha value is -1.84. The van der Waals surface area contributed by atoms with Crippen LogP contribution in [0.3, 0.4) is 0 Å². The average molecular weight is 291 g/mol. The predicted molar refractivity (Wildman–Crippen MR) is 77.7 cm³/mol. The molecule has 0 spiro atoms. The third-order valence-corrected chi connectivity index (χ3v) is 3.15. The highest BCUT2D eigenvalue weighted by Crippen LogP contribution is 2.14. The van der Waals surface area contributed by atoms with Gasteiger partial charge in [0.15, 0.2) is 0 Å². The predicted octanol–water partition coefficient (Wildman–Crippen LogP) is 3.68. The van der Waals surface area contributed by atoms with Gasteiger partial charge in [-0.1, -0.05) is 48.0 Å². The molecule has 0 fully saturated rings. The molecule has 20 heavy (non-hydrogen) atoms. The van der Waals surface area contributed by atoms with Gasteiger partial charge in [-0.2, -0.15) is 0 Å². The van der Waals surface area contributed by atoms with E-state index in [2.05, 4.69) is 0 Å². The second kappa shape index (κ2) is 7.08. The van der Waals surface area contributed by atoms with Crippen LogP contribution in [0.25, 0.3) is 0 Å². The highest BCUT2D eigenvalue weighted by atomic mass is 35.5. The molecule has 0 radical (unpaired) electrons. The van der Waals surface area contributed by atoms with Gasteiger partial charge < -0.3 is 9.84 Å². The fourth-order valence-corrected chi connectivity index (χ4v) is 2.02. The van der Waals surface area contributed by atoms with Crippen molar-refractivity contribution in [3.8, 4) is 0 Å². The van der Waals surface area contributed by atoms with Crippen molar-refractivity contribution in [1.29, 1.82) is 0 Å². The van der Waals surface area contributed by atoms with E-state index < -0.39 is 5.97 Å². The molecule has 0 saturated carbocycles. The molecule has 0 heterocycles. The van der Waals surface area contributed by atoms with Crippen LogP contribution in [-0.2, 0) is 29.2 Å². The molecule has 0 aromatic heterocycles. The quantitative estimate of drug-likeness (QED) is 0.882. The van der Waals surface area contributed by atoms with Crippen molar-refractivity contribution in [2.24, 2.45) is 0 Å².